The largest absolute Gasteiger partial charge is 0.326 e. The lowest BCUT2D eigenvalue weighted by Crippen LogP contribution is -2.01. The molecule has 1 aromatic carbocycles. The average Bonchev–Trinajstić information content (AvgIpc) is 3.09. The fourth-order valence-corrected chi connectivity index (χ4v) is 2.44. The zero-order valence-electron chi connectivity index (χ0n) is 9.95. The van der Waals surface area contributed by atoms with E-state index in [0.29, 0.717) is 11.1 Å². The van der Waals surface area contributed by atoms with Gasteiger partial charge >= 0.3 is 0 Å². The van der Waals surface area contributed by atoms with Crippen molar-refractivity contribution in [1.82, 2.24) is 9.55 Å². The predicted molar refractivity (Wildman–Crippen MR) is 77.7 cm³/mol. The summed E-state index contributed by atoms with van der Waals surface area (Å²) in [6.45, 7) is 2.02. The molecule has 0 spiro atoms. The highest BCUT2D eigenvalue weighted by Gasteiger charge is 2.26. The van der Waals surface area contributed by atoms with Crippen LogP contribution in [-0.2, 0) is 0 Å². The topological polar surface area (TPSA) is 29.9 Å². The quantitative estimate of drug-likeness (QED) is 0.887. The Balaban J connectivity index is 1.89. The van der Waals surface area contributed by atoms with Gasteiger partial charge in [0.15, 0.2) is 0 Å². The monoisotopic (exact) mass is 325 g/mol. The van der Waals surface area contributed by atoms with Crippen molar-refractivity contribution in [3.63, 3.8) is 0 Å². The molecule has 3 nitrogen and oxygen atoms in total. The van der Waals surface area contributed by atoms with Crippen LogP contribution in [0, 0.1) is 6.92 Å². The molecule has 1 aliphatic rings. The van der Waals surface area contributed by atoms with Crippen molar-refractivity contribution < 1.29 is 0 Å². The van der Waals surface area contributed by atoms with E-state index in [-0.39, 0.29) is 0 Å². The first kappa shape index (κ1) is 12.1. The van der Waals surface area contributed by atoms with Crippen molar-refractivity contribution >= 4 is 39.2 Å². The highest BCUT2D eigenvalue weighted by molar-refractivity contribution is 9.10. The molecule has 0 saturated heterocycles. The van der Waals surface area contributed by atoms with Crippen LogP contribution in [0.15, 0.2) is 28.9 Å². The van der Waals surface area contributed by atoms with Gasteiger partial charge in [0.05, 0.1) is 10.7 Å². The van der Waals surface area contributed by atoms with Crippen LogP contribution in [0.1, 0.15) is 24.6 Å². The van der Waals surface area contributed by atoms with Gasteiger partial charge in [0, 0.05) is 22.4 Å². The van der Waals surface area contributed by atoms with Crippen molar-refractivity contribution in [3.05, 3.63) is 39.6 Å². The van der Waals surface area contributed by atoms with Crippen LogP contribution >= 0.6 is 27.5 Å². The summed E-state index contributed by atoms with van der Waals surface area (Å²) >= 11 is 9.41. The molecule has 1 heterocycles. The van der Waals surface area contributed by atoms with Gasteiger partial charge in [-0.15, -0.1) is 0 Å². The van der Waals surface area contributed by atoms with Gasteiger partial charge < -0.3 is 9.88 Å². The van der Waals surface area contributed by atoms with E-state index in [2.05, 4.69) is 37.0 Å². The Bertz CT molecular complexity index is 590. The second-order valence-corrected chi connectivity index (χ2v) is 5.86. The van der Waals surface area contributed by atoms with Crippen molar-refractivity contribution in [2.45, 2.75) is 25.8 Å². The normalized spacial score (nSPS) is 14.8. The number of imidazole rings is 1. The van der Waals surface area contributed by atoms with Crippen molar-refractivity contribution in [3.8, 4) is 0 Å². The smallest absolute Gasteiger partial charge is 0.207 e. The number of aryl methyl sites for hydroxylation is 1. The van der Waals surface area contributed by atoms with E-state index in [1.54, 1.807) is 0 Å². The van der Waals surface area contributed by atoms with Crippen LogP contribution in [-0.4, -0.2) is 9.55 Å². The molecule has 18 heavy (non-hydrogen) atoms. The van der Waals surface area contributed by atoms with Gasteiger partial charge in [0.1, 0.15) is 0 Å². The second-order valence-electron chi connectivity index (χ2n) is 4.60. The molecule has 0 atom stereocenters. The molecule has 0 unspecified atom stereocenters. The molecule has 2 aromatic rings. The van der Waals surface area contributed by atoms with E-state index in [9.17, 15) is 0 Å². The van der Waals surface area contributed by atoms with Gasteiger partial charge in [-0.25, -0.2) is 4.98 Å². The van der Waals surface area contributed by atoms with E-state index >= 15 is 0 Å². The molecule has 1 aromatic heterocycles. The highest BCUT2D eigenvalue weighted by Crippen LogP contribution is 2.38. The van der Waals surface area contributed by atoms with E-state index in [1.807, 2.05) is 25.1 Å². The lowest BCUT2D eigenvalue weighted by Gasteiger charge is -2.09. The number of nitrogens with one attached hydrogen (secondary N) is 1. The van der Waals surface area contributed by atoms with Crippen LogP contribution in [0.3, 0.4) is 0 Å². The summed E-state index contributed by atoms with van der Waals surface area (Å²) in [4.78, 5) is 4.52. The standard InChI is InChI=1S/C13H13BrClN3/c1-8-7-18(10-3-4-10)13(16-8)17-9-2-5-12(15)11(14)6-9/h2,5-7,10H,3-4H2,1H3,(H,16,17). The van der Waals surface area contributed by atoms with Crippen LogP contribution < -0.4 is 5.32 Å². The van der Waals surface area contributed by atoms with Crippen LogP contribution in [0.2, 0.25) is 5.02 Å². The Hall–Kier alpha value is -1.00. The molecule has 5 heteroatoms. The third-order valence-electron chi connectivity index (χ3n) is 2.97. The molecule has 0 amide bonds. The maximum Gasteiger partial charge on any atom is 0.207 e. The maximum absolute atomic E-state index is 5.98. The van der Waals surface area contributed by atoms with E-state index in [4.69, 9.17) is 11.6 Å². The Morgan fingerprint density at radius 3 is 2.89 bits per heavy atom. The molecule has 1 saturated carbocycles. The molecule has 1 aliphatic carbocycles. The van der Waals surface area contributed by atoms with Crippen LogP contribution in [0.25, 0.3) is 0 Å². The molecule has 1 N–H and O–H groups in total. The lowest BCUT2D eigenvalue weighted by atomic mass is 10.3. The Morgan fingerprint density at radius 1 is 1.44 bits per heavy atom. The number of halogens is 2. The fraction of sp³-hybridized carbons (Fsp3) is 0.308. The molecule has 0 aliphatic heterocycles. The minimum atomic E-state index is 0.615. The summed E-state index contributed by atoms with van der Waals surface area (Å²) in [7, 11) is 0. The Kier molecular flexibility index (Phi) is 3.08. The lowest BCUT2D eigenvalue weighted by molar-refractivity contribution is 0.750. The van der Waals surface area contributed by atoms with Gasteiger partial charge in [0.25, 0.3) is 0 Å². The van der Waals surface area contributed by atoms with Gasteiger partial charge in [-0.2, -0.15) is 0 Å². The summed E-state index contributed by atoms with van der Waals surface area (Å²) in [6.07, 6.45) is 4.59. The molecule has 0 bridgehead atoms. The zero-order chi connectivity index (χ0) is 12.7. The third-order valence-corrected chi connectivity index (χ3v) is 4.18. The number of anilines is 2. The Labute approximate surface area is 119 Å². The van der Waals surface area contributed by atoms with Gasteiger partial charge in [0.2, 0.25) is 5.95 Å². The van der Waals surface area contributed by atoms with Crippen LogP contribution in [0.4, 0.5) is 11.6 Å². The molecular formula is C13H13BrClN3. The average molecular weight is 327 g/mol. The van der Waals surface area contributed by atoms with Crippen molar-refractivity contribution in [2.75, 3.05) is 5.32 Å². The minimum Gasteiger partial charge on any atom is -0.326 e. The summed E-state index contributed by atoms with van der Waals surface area (Å²) in [5.74, 6) is 0.907. The number of nitrogens with zero attached hydrogens (tertiary/aromatic N) is 2. The van der Waals surface area contributed by atoms with Crippen molar-refractivity contribution in [1.29, 1.82) is 0 Å². The number of hydrogen-bond acceptors (Lipinski definition) is 2. The maximum atomic E-state index is 5.98. The van der Waals surface area contributed by atoms with E-state index in [0.717, 1.165) is 21.8 Å². The third kappa shape index (κ3) is 2.40. The second kappa shape index (κ2) is 4.59. The number of hydrogen-bond donors (Lipinski definition) is 1. The van der Waals surface area contributed by atoms with Crippen LogP contribution in [0.5, 0.6) is 0 Å². The first-order valence-corrected chi connectivity index (χ1v) is 7.08. The molecule has 1 fully saturated rings. The highest BCUT2D eigenvalue weighted by atomic mass is 79.9. The first-order chi connectivity index (χ1) is 8.63. The first-order valence-electron chi connectivity index (χ1n) is 5.91. The van der Waals surface area contributed by atoms with Gasteiger partial charge in [-0.05, 0) is 53.9 Å². The summed E-state index contributed by atoms with van der Waals surface area (Å²) in [6, 6.07) is 6.40. The molecule has 3 rings (SSSR count). The number of aromatic nitrogens is 2. The van der Waals surface area contributed by atoms with Gasteiger partial charge in [-0.3, -0.25) is 0 Å². The minimum absolute atomic E-state index is 0.615. The fourth-order valence-electron chi connectivity index (χ4n) is 1.94. The van der Waals surface area contributed by atoms with Gasteiger partial charge in [-0.1, -0.05) is 11.6 Å². The summed E-state index contributed by atoms with van der Waals surface area (Å²) < 4.78 is 3.10. The SMILES string of the molecule is Cc1cn(C2CC2)c(Nc2ccc(Cl)c(Br)c2)n1. The predicted octanol–water partition coefficient (Wildman–Crippen LogP) is 4.69. The zero-order valence-corrected chi connectivity index (χ0v) is 12.3. The van der Waals surface area contributed by atoms with Crippen molar-refractivity contribution in [2.24, 2.45) is 0 Å². The molecular weight excluding hydrogens is 314 g/mol. The summed E-state index contributed by atoms with van der Waals surface area (Å²) in [5.41, 5.74) is 2.02. The van der Waals surface area contributed by atoms with E-state index in [1.165, 1.54) is 12.8 Å². The number of rotatable bonds is 3. The molecule has 0 radical (unpaired) electrons. The number of benzene rings is 1. The molecule has 94 valence electrons. The summed E-state index contributed by atoms with van der Waals surface area (Å²) in [5, 5.41) is 4.06. The Morgan fingerprint density at radius 2 is 2.22 bits per heavy atom. The van der Waals surface area contributed by atoms with E-state index < -0.39 is 0 Å².